The fourth-order valence-corrected chi connectivity index (χ4v) is 3.92. The van der Waals surface area contributed by atoms with E-state index in [1.807, 2.05) is 60.7 Å². The Balaban J connectivity index is 1.43. The molecule has 0 bridgehead atoms. The number of rotatable bonds is 7. The molecular weight excluding hydrogens is 481 g/mol. The summed E-state index contributed by atoms with van der Waals surface area (Å²) in [7, 11) is 0. The van der Waals surface area contributed by atoms with E-state index in [1.165, 1.54) is 30.3 Å². The van der Waals surface area contributed by atoms with Crippen LogP contribution in [0.5, 0.6) is 17.2 Å². The van der Waals surface area contributed by atoms with Gasteiger partial charge in [-0.05, 0) is 41.0 Å². The molecule has 5 rings (SSSR count). The van der Waals surface area contributed by atoms with Gasteiger partial charge in [0, 0.05) is 12.5 Å². The highest BCUT2D eigenvalue weighted by atomic mass is 19.4. The van der Waals surface area contributed by atoms with Crippen LogP contribution in [-0.2, 0) is 12.6 Å². The van der Waals surface area contributed by atoms with Crippen LogP contribution in [0.2, 0.25) is 0 Å². The molecule has 0 fully saturated rings. The van der Waals surface area contributed by atoms with Crippen molar-refractivity contribution in [1.82, 2.24) is 0 Å². The van der Waals surface area contributed by atoms with Gasteiger partial charge in [0.25, 0.3) is 5.76 Å². The second-order valence-corrected chi connectivity index (χ2v) is 8.32. The topological polar surface area (TPSA) is 48.7 Å². The average molecular weight is 502 g/mol. The zero-order valence-corrected chi connectivity index (χ0v) is 19.5. The van der Waals surface area contributed by atoms with Crippen LogP contribution in [0.25, 0.3) is 22.1 Å². The molecule has 0 N–H and O–H groups in total. The predicted octanol–water partition coefficient (Wildman–Crippen LogP) is 7.89. The van der Waals surface area contributed by atoms with Crippen molar-refractivity contribution in [3.8, 4) is 28.4 Å². The van der Waals surface area contributed by atoms with Crippen molar-refractivity contribution in [2.45, 2.75) is 12.6 Å². The van der Waals surface area contributed by atoms with Crippen molar-refractivity contribution in [3.05, 3.63) is 125 Å². The van der Waals surface area contributed by atoms with E-state index in [2.05, 4.69) is 0 Å². The van der Waals surface area contributed by atoms with Crippen molar-refractivity contribution < 1.29 is 27.1 Å². The van der Waals surface area contributed by atoms with E-state index < -0.39 is 23.1 Å². The standard InChI is InChI=1S/C30H21F3O4/c31-30(32,33)29-28(36-23-13-11-22(12-14-23)21-9-5-2-6-10-21)27(34)25-16-15-24(19-26(25)37-29)35-18-17-20-7-3-1-4-8-20/h1-16,19H,17-18H2. The number of halogens is 3. The first-order chi connectivity index (χ1) is 17.9. The number of hydrogen-bond donors (Lipinski definition) is 0. The van der Waals surface area contributed by atoms with E-state index in [0.29, 0.717) is 18.8 Å². The van der Waals surface area contributed by atoms with Gasteiger partial charge in [-0.15, -0.1) is 0 Å². The lowest BCUT2D eigenvalue weighted by Crippen LogP contribution is -2.15. The Labute approximate surface area is 210 Å². The molecule has 0 saturated carbocycles. The quantitative estimate of drug-likeness (QED) is 0.227. The van der Waals surface area contributed by atoms with E-state index in [9.17, 15) is 18.0 Å². The second kappa shape index (κ2) is 10.2. The Hall–Kier alpha value is -4.52. The van der Waals surface area contributed by atoms with Crippen LogP contribution in [0.3, 0.4) is 0 Å². The molecule has 0 atom stereocenters. The molecule has 0 aliphatic carbocycles. The molecule has 7 heteroatoms. The van der Waals surface area contributed by atoms with Gasteiger partial charge in [-0.3, -0.25) is 4.79 Å². The van der Waals surface area contributed by atoms with Crippen LogP contribution < -0.4 is 14.9 Å². The van der Waals surface area contributed by atoms with E-state index in [-0.39, 0.29) is 16.7 Å². The van der Waals surface area contributed by atoms with Crippen molar-refractivity contribution in [2.24, 2.45) is 0 Å². The Bertz CT molecular complexity index is 1560. The lowest BCUT2D eigenvalue weighted by Gasteiger charge is -2.14. The van der Waals surface area contributed by atoms with Crippen molar-refractivity contribution >= 4 is 11.0 Å². The van der Waals surface area contributed by atoms with Gasteiger partial charge < -0.3 is 13.9 Å². The van der Waals surface area contributed by atoms with Gasteiger partial charge in [0.1, 0.15) is 17.1 Å². The highest BCUT2D eigenvalue weighted by Crippen LogP contribution is 2.39. The third-order valence-electron chi connectivity index (χ3n) is 5.76. The molecule has 1 aromatic heterocycles. The molecule has 5 aromatic rings. The largest absolute Gasteiger partial charge is 0.493 e. The van der Waals surface area contributed by atoms with Crippen LogP contribution >= 0.6 is 0 Å². The maximum absolute atomic E-state index is 13.9. The molecule has 0 spiro atoms. The number of benzene rings is 4. The SMILES string of the molecule is O=c1c(Oc2ccc(-c3ccccc3)cc2)c(C(F)(F)F)oc2cc(OCCc3ccccc3)ccc12. The summed E-state index contributed by atoms with van der Waals surface area (Å²) >= 11 is 0. The zero-order valence-electron chi connectivity index (χ0n) is 19.5. The Kier molecular flexibility index (Phi) is 6.68. The molecule has 0 amide bonds. The minimum absolute atomic E-state index is 0.0423. The number of ether oxygens (including phenoxy) is 2. The van der Waals surface area contributed by atoms with Gasteiger partial charge in [-0.25, -0.2) is 0 Å². The molecular formula is C30H21F3O4. The Morgan fingerprint density at radius 2 is 1.35 bits per heavy atom. The number of fused-ring (bicyclic) bond motifs is 1. The molecule has 186 valence electrons. The maximum Gasteiger partial charge on any atom is 0.453 e. The fraction of sp³-hybridized carbons (Fsp3) is 0.100. The van der Waals surface area contributed by atoms with Crippen LogP contribution in [0.4, 0.5) is 13.2 Å². The maximum atomic E-state index is 13.9. The Morgan fingerprint density at radius 1 is 0.730 bits per heavy atom. The smallest absolute Gasteiger partial charge is 0.453 e. The summed E-state index contributed by atoms with van der Waals surface area (Å²) < 4.78 is 58.0. The highest BCUT2D eigenvalue weighted by Gasteiger charge is 2.40. The number of hydrogen-bond acceptors (Lipinski definition) is 4. The lowest BCUT2D eigenvalue weighted by atomic mass is 10.1. The summed E-state index contributed by atoms with van der Waals surface area (Å²) in [4.78, 5) is 13.1. The van der Waals surface area contributed by atoms with Crippen LogP contribution in [0, 0.1) is 0 Å². The van der Waals surface area contributed by atoms with Crippen LogP contribution in [-0.4, -0.2) is 6.61 Å². The molecule has 1 heterocycles. The summed E-state index contributed by atoms with van der Waals surface area (Å²) in [6.45, 7) is 0.312. The average Bonchev–Trinajstić information content (AvgIpc) is 2.91. The van der Waals surface area contributed by atoms with Crippen LogP contribution in [0.1, 0.15) is 11.3 Å². The molecule has 0 aliphatic heterocycles. The van der Waals surface area contributed by atoms with E-state index in [0.717, 1.165) is 16.7 Å². The minimum Gasteiger partial charge on any atom is -0.493 e. The summed E-state index contributed by atoms with van der Waals surface area (Å²) in [6, 6.07) is 29.7. The minimum atomic E-state index is -4.95. The molecule has 0 saturated heterocycles. The molecule has 0 unspecified atom stereocenters. The predicted molar refractivity (Wildman–Crippen MR) is 135 cm³/mol. The third-order valence-corrected chi connectivity index (χ3v) is 5.76. The van der Waals surface area contributed by atoms with Crippen molar-refractivity contribution in [2.75, 3.05) is 6.61 Å². The zero-order chi connectivity index (χ0) is 25.8. The Morgan fingerprint density at radius 3 is 2.03 bits per heavy atom. The van der Waals surface area contributed by atoms with Gasteiger partial charge in [-0.1, -0.05) is 72.8 Å². The molecule has 0 radical (unpaired) electrons. The second-order valence-electron chi connectivity index (χ2n) is 8.32. The lowest BCUT2D eigenvalue weighted by molar-refractivity contribution is -0.154. The van der Waals surface area contributed by atoms with Crippen molar-refractivity contribution in [1.29, 1.82) is 0 Å². The first kappa shape index (κ1) is 24.2. The molecule has 4 aromatic carbocycles. The van der Waals surface area contributed by atoms with Crippen LogP contribution in [0.15, 0.2) is 112 Å². The first-order valence-electron chi connectivity index (χ1n) is 11.6. The van der Waals surface area contributed by atoms with E-state index >= 15 is 0 Å². The number of alkyl halides is 3. The molecule has 0 aliphatic rings. The van der Waals surface area contributed by atoms with Crippen molar-refractivity contribution in [3.63, 3.8) is 0 Å². The first-order valence-corrected chi connectivity index (χ1v) is 11.6. The van der Waals surface area contributed by atoms with Gasteiger partial charge in [0.2, 0.25) is 11.2 Å². The summed E-state index contributed by atoms with van der Waals surface area (Å²) in [5.41, 5.74) is 1.71. The highest BCUT2D eigenvalue weighted by molar-refractivity contribution is 5.80. The van der Waals surface area contributed by atoms with E-state index in [4.69, 9.17) is 13.9 Å². The third kappa shape index (κ3) is 5.51. The molecule has 4 nitrogen and oxygen atoms in total. The molecule has 37 heavy (non-hydrogen) atoms. The normalized spacial score (nSPS) is 11.4. The van der Waals surface area contributed by atoms with Gasteiger partial charge in [0.15, 0.2) is 0 Å². The van der Waals surface area contributed by atoms with Gasteiger partial charge >= 0.3 is 6.18 Å². The summed E-state index contributed by atoms with van der Waals surface area (Å²) in [6.07, 6.45) is -4.33. The fourth-order valence-electron chi connectivity index (χ4n) is 3.92. The van der Waals surface area contributed by atoms with E-state index in [1.54, 1.807) is 12.1 Å². The summed E-state index contributed by atoms with van der Waals surface area (Å²) in [5.74, 6) is -2.04. The monoisotopic (exact) mass is 502 g/mol. The summed E-state index contributed by atoms with van der Waals surface area (Å²) in [5, 5.41) is -0.0423. The van der Waals surface area contributed by atoms with Gasteiger partial charge in [-0.2, -0.15) is 13.2 Å². The van der Waals surface area contributed by atoms with Gasteiger partial charge in [0.05, 0.1) is 12.0 Å².